The predicted molar refractivity (Wildman–Crippen MR) is 104 cm³/mol. The molecule has 1 aromatic rings. The predicted octanol–water partition coefficient (Wildman–Crippen LogP) is 3.55. The number of nitrogens with zero attached hydrogens (tertiary/aromatic N) is 2. The number of imide groups is 1. The molecule has 8 heteroatoms. The number of amides is 3. The maximum atomic E-state index is 13.2. The first-order valence-corrected chi connectivity index (χ1v) is 9.22. The number of urea groups is 1. The standard InChI is InChI=1S/C18H23IN2O5/c1-5-21-15(23)20(16(24)26-19)12-18(21,14(22)25-17(2,3)4)11-13-9-7-6-8-10-13/h6-10H,5,11-12H2,1-4H3. The molecule has 0 aromatic heterocycles. The number of hydrogen-bond acceptors (Lipinski definition) is 5. The number of benzene rings is 1. The SMILES string of the molecule is CCN1C(=O)N(C(=O)OI)CC1(Cc1ccccc1)C(=O)OC(C)(C)C. The molecule has 3 amide bonds. The van der Waals surface area contributed by atoms with Crippen LogP contribution in [0.4, 0.5) is 9.59 Å². The van der Waals surface area contributed by atoms with Crippen molar-refractivity contribution < 1.29 is 22.2 Å². The van der Waals surface area contributed by atoms with E-state index >= 15 is 0 Å². The highest BCUT2D eigenvalue weighted by atomic mass is 127. The quantitative estimate of drug-likeness (QED) is 0.493. The second-order valence-corrected chi connectivity index (χ2v) is 7.59. The Morgan fingerprint density at radius 2 is 1.85 bits per heavy atom. The fraction of sp³-hybridized carbons (Fsp3) is 0.500. The summed E-state index contributed by atoms with van der Waals surface area (Å²) in [6.07, 6.45) is -0.555. The van der Waals surface area contributed by atoms with E-state index < -0.39 is 29.2 Å². The molecule has 1 aliphatic rings. The van der Waals surface area contributed by atoms with Gasteiger partial charge in [0.2, 0.25) is 0 Å². The average Bonchev–Trinajstić information content (AvgIpc) is 2.86. The number of carbonyl (C=O) groups is 3. The van der Waals surface area contributed by atoms with E-state index in [1.165, 1.54) is 27.9 Å². The average molecular weight is 474 g/mol. The van der Waals surface area contributed by atoms with Gasteiger partial charge in [0.25, 0.3) is 0 Å². The summed E-state index contributed by atoms with van der Waals surface area (Å²) in [5.74, 6) is -0.534. The van der Waals surface area contributed by atoms with Gasteiger partial charge >= 0.3 is 18.1 Å². The highest BCUT2D eigenvalue weighted by Gasteiger charge is 2.58. The first-order chi connectivity index (χ1) is 12.1. The monoisotopic (exact) mass is 474 g/mol. The van der Waals surface area contributed by atoms with E-state index in [9.17, 15) is 14.4 Å². The van der Waals surface area contributed by atoms with Gasteiger partial charge in [-0.25, -0.2) is 19.3 Å². The van der Waals surface area contributed by atoms with Crippen molar-refractivity contribution in [1.29, 1.82) is 0 Å². The van der Waals surface area contributed by atoms with E-state index in [1.54, 1.807) is 27.7 Å². The van der Waals surface area contributed by atoms with E-state index in [4.69, 9.17) is 4.74 Å². The summed E-state index contributed by atoms with van der Waals surface area (Å²) < 4.78 is 10.3. The molecule has 0 aliphatic carbocycles. The molecule has 1 fully saturated rings. The normalized spacial score (nSPS) is 20.3. The van der Waals surface area contributed by atoms with E-state index in [0.29, 0.717) is 0 Å². The summed E-state index contributed by atoms with van der Waals surface area (Å²) in [7, 11) is 0. The van der Waals surface area contributed by atoms with Crippen LogP contribution in [0.25, 0.3) is 0 Å². The molecule has 0 radical (unpaired) electrons. The minimum Gasteiger partial charge on any atom is -0.458 e. The summed E-state index contributed by atoms with van der Waals surface area (Å²) in [6.45, 7) is 7.21. The maximum absolute atomic E-state index is 13.2. The molecule has 1 heterocycles. The fourth-order valence-corrected chi connectivity index (χ4v) is 3.31. The van der Waals surface area contributed by atoms with Gasteiger partial charge in [0.1, 0.15) is 5.60 Å². The number of carbonyl (C=O) groups excluding carboxylic acids is 3. The lowest BCUT2D eigenvalue weighted by atomic mass is 9.89. The lowest BCUT2D eigenvalue weighted by Gasteiger charge is -2.36. The Balaban J connectivity index is 2.50. The minimum absolute atomic E-state index is 0.120. The zero-order valence-electron chi connectivity index (χ0n) is 15.3. The molecule has 1 aliphatic heterocycles. The largest absolute Gasteiger partial charge is 0.458 e. The van der Waals surface area contributed by atoms with Crippen molar-refractivity contribution in [2.24, 2.45) is 0 Å². The van der Waals surface area contributed by atoms with Gasteiger partial charge in [-0.05, 0) is 33.3 Å². The van der Waals surface area contributed by atoms with Crippen LogP contribution in [0.15, 0.2) is 30.3 Å². The Morgan fingerprint density at radius 1 is 1.23 bits per heavy atom. The topological polar surface area (TPSA) is 76.2 Å². The van der Waals surface area contributed by atoms with Crippen molar-refractivity contribution in [2.45, 2.75) is 45.3 Å². The second kappa shape index (κ2) is 7.81. The Hall–Kier alpha value is -1.84. The van der Waals surface area contributed by atoms with Crippen LogP contribution in [0.5, 0.6) is 0 Å². The third-order valence-corrected chi connectivity index (χ3v) is 4.50. The summed E-state index contributed by atoms with van der Waals surface area (Å²) in [5.41, 5.74) is -1.15. The highest BCUT2D eigenvalue weighted by molar-refractivity contribution is 14.1. The van der Waals surface area contributed by atoms with E-state index in [2.05, 4.69) is 3.07 Å². The number of rotatable bonds is 4. The van der Waals surface area contributed by atoms with Crippen LogP contribution in [0.2, 0.25) is 0 Å². The number of esters is 1. The summed E-state index contributed by atoms with van der Waals surface area (Å²) in [4.78, 5) is 40.3. The molecule has 1 atom stereocenters. The Kier molecular flexibility index (Phi) is 6.15. The molecule has 0 bridgehead atoms. The van der Waals surface area contributed by atoms with E-state index in [0.717, 1.165) is 10.5 Å². The number of hydrogen-bond donors (Lipinski definition) is 0. The van der Waals surface area contributed by atoms with Crippen molar-refractivity contribution in [3.8, 4) is 0 Å². The molecular weight excluding hydrogens is 451 g/mol. The van der Waals surface area contributed by atoms with Crippen molar-refractivity contribution in [2.75, 3.05) is 13.1 Å². The molecule has 0 spiro atoms. The van der Waals surface area contributed by atoms with Crippen molar-refractivity contribution in [3.63, 3.8) is 0 Å². The Bertz CT molecular complexity index is 689. The first kappa shape index (κ1) is 20.5. The zero-order chi connectivity index (χ0) is 19.5. The van der Waals surface area contributed by atoms with Crippen LogP contribution in [0.3, 0.4) is 0 Å². The molecule has 1 aromatic carbocycles. The van der Waals surface area contributed by atoms with Gasteiger partial charge in [-0.2, -0.15) is 0 Å². The second-order valence-electron chi connectivity index (χ2n) is 7.15. The van der Waals surface area contributed by atoms with Gasteiger partial charge in [0.15, 0.2) is 28.5 Å². The van der Waals surface area contributed by atoms with Crippen LogP contribution in [-0.2, 0) is 19.0 Å². The van der Waals surface area contributed by atoms with Crippen molar-refractivity contribution >= 4 is 41.1 Å². The van der Waals surface area contributed by atoms with Gasteiger partial charge in [-0.1, -0.05) is 30.3 Å². The highest BCUT2D eigenvalue weighted by Crippen LogP contribution is 2.33. The first-order valence-electron chi connectivity index (χ1n) is 8.33. The third-order valence-electron chi connectivity index (χ3n) is 4.12. The Labute approximate surface area is 167 Å². The van der Waals surface area contributed by atoms with Crippen molar-refractivity contribution in [1.82, 2.24) is 9.80 Å². The molecule has 1 saturated heterocycles. The molecule has 0 N–H and O–H groups in total. The van der Waals surface area contributed by atoms with Gasteiger partial charge in [-0.3, -0.25) is 0 Å². The molecule has 26 heavy (non-hydrogen) atoms. The number of halogens is 1. The maximum Gasteiger partial charge on any atom is 0.427 e. The van der Waals surface area contributed by atoms with Crippen LogP contribution in [0.1, 0.15) is 33.3 Å². The zero-order valence-corrected chi connectivity index (χ0v) is 17.5. The molecule has 7 nitrogen and oxygen atoms in total. The van der Waals surface area contributed by atoms with Crippen LogP contribution < -0.4 is 0 Å². The molecule has 0 saturated carbocycles. The fourth-order valence-electron chi connectivity index (χ4n) is 3.07. The summed E-state index contributed by atoms with van der Waals surface area (Å²) in [5, 5.41) is 0. The molecule has 1 unspecified atom stereocenters. The van der Waals surface area contributed by atoms with Crippen LogP contribution >= 0.6 is 23.0 Å². The molecule has 2 rings (SSSR count). The minimum atomic E-state index is -1.30. The lowest BCUT2D eigenvalue weighted by Crippen LogP contribution is -2.57. The van der Waals surface area contributed by atoms with Gasteiger partial charge < -0.3 is 12.7 Å². The molecular formula is C18H23IN2O5. The summed E-state index contributed by atoms with van der Waals surface area (Å²) in [6, 6.07) is 8.80. The third kappa shape index (κ3) is 4.11. The van der Waals surface area contributed by atoms with Gasteiger partial charge in [-0.15, -0.1) is 0 Å². The van der Waals surface area contributed by atoms with Gasteiger partial charge in [0.05, 0.1) is 6.54 Å². The Morgan fingerprint density at radius 3 is 2.35 bits per heavy atom. The van der Waals surface area contributed by atoms with Crippen molar-refractivity contribution in [3.05, 3.63) is 35.9 Å². The molecule has 142 valence electrons. The van der Waals surface area contributed by atoms with Crippen LogP contribution in [0, 0.1) is 0 Å². The van der Waals surface area contributed by atoms with E-state index in [-0.39, 0.29) is 19.5 Å². The van der Waals surface area contributed by atoms with Gasteiger partial charge in [0, 0.05) is 13.0 Å². The lowest BCUT2D eigenvalue weighted by molar-refractivity contribution is -0.166. The summed E-state index contributed by atoms with van der Waals surface area (Å²) >= 11 is 1.43. The van der Waals surface area contributed by atoms with E-state index in [1.807, 2.05) is 30.3 Å². The van der Waals surface area contributed by atoms with Crippen LogP contribution in [-0.4, -0.2) is 52.1 Å². The number of ether oxygens (including phenoxy) is 1. The smallest absolute Gasteiger partial charge is 0.427 e. The number of likely N-dealkylation sites (N-methyl/N-ethyl adjacent to an activating group) is 1.